The van der Waals surface area contributed by atoms with Crippen LogP contribution in [0.4, 0.5) is 17.1 Å². The minimum absolute atomic E-state index is 0. The summed E-state index contributed by atoms with van der Waals surface area (Å²) in [5.74, 6) is -0.682. The molecule has 17 nitrogen and oxygen atoms in total. The van der Waals surface area contributed by atoms with E-state index in [2.05, 4.69) is 102 Å². The second kappa shape index (κ2) is 25.6. The molecule has 0 radical (unpaired) electrons. The zero-order valence-corrected chi connectivity index (χ0v) is 44.4. The van der Waals surface area contributed by atoms with E-state index in [1.165, 1.54) is 28.5 Å². The molecule has 0 bridgehead atoms. The number of pyridine rings is 6. The Hall–Kier alpha value is -8.76. The topological polar surface area (TPSA) is 204 Å². The molecule has 3 amide bonds. The summed E-state index contributed by atoms with van der Waals surface area (Å²) in [6, 6.07) is 29.4. The van der Waals surface area contributed by atoms with Crippen molar-refractivity contribution in [3.8, 4) is 22.8 Å². The summed E-state index contributed by atoms with van der Waals surface area (Å²) in [4.78, 5) is 66.9. The van der Waals surface area contributed by atoms with Crippen molar-refractivity contribution in [2.24, 2.45) is 21.1 Å². The minimum atomic E-state index is -0.371. The molecule has 0 saturated carbocycles. The summed E-state index contributed by atoms with van der Waals surface area (Å²) < 4.78 is 4.86. The van der Waals surface area contributed by atoms with Gasteiger partial charge in [-0.2, -0.15) is 0 Å². The third-order valence-electron chi connectivity index (χ3n) is 11.3. The first-order valence-corrected chi connectivity index (χ1v) is 23.4. The number of hydrogen-bond acceptors (Lipinski definition) is 11. The number of hydrogen-bond donors (Lipinski definition) is 4. The number of anilines is 3. The Balaban J connectivity index is 0.000000169. The number of amides is 3. The van der Waals surface area contributed by atoms with Crippen molar-refractivity contribution in [1.29, 1.82) is 0 Å². The maximum Gasteiger partial charge on any atom is 0.291 e. The zero-order chi connectivity index (χ0) is 52.0. The maximum absolute atomic E-state index is 12.7. The van der Waals surface area contributed by atoms with E-state index in [4.69, 9.17) is 0 Å². The van der Waals surface area contributed by atoms with Gasteiger partial charge in [0.2, 0.25) is 0 Å². The van der Waals surface area contributed by atoms with Crippen molar-refractivity contribution in [2.75, 3.05) is 29.5 Å². The fourth-order valence-electron chi connectivity index (χ4n) is 7.62. The average Bonchev–Trinajstić information content (AvgIpc) is 4.11. The summed E-state index contributed by atoms with van der Waals surface area (Å²) >= 11 is 0. The first-order valence-electron chi connectivity index (χ1n) is 23.4. The molecule has 1 aromatic carbocycles. The summed E-state index contributed by atoms with van der Waals surface area (Å²) in [6.45, 7) is 10.6. The van der Waals surface area contributed by atoms with Gasteiger partial charge in [-0.3, -0.25) is 44.3 Å². The molecule has 0 aliphatic rings. The molecule has 0 atom stereocenters. The Morgan fingerprint density at radius 3 is 1.41 bits per heavy atom. The number of benzene rings is 1. The van der Waals surface area contributed by atoms with Crippen molar-refractivity contribution >= 4 is 56.6 Å². The van der Waals surface area contributed by atoms with Crippen LogP contribution in [0.2, 0.25) is 0 Å². The van der Waals surface area contributed by atoms with Gasteiger partial charge in [-0.1, -0.05) is 6.07 Å². The first kappa shape index (κ1) is 54.6. The molecule has 9 heterocycles. The fraction of sp³-hybridized carbons (Fsp3) is 0.179. The van der Waals surface area contributed by atoms with Crippen molar-refractivity contribution in [2.45, 2.75) is 34.6 Å². The molecule has 0 spiro atoms. The van der Waals surface area contributed by atoms with E-state index in [-0.39, 0.29) is 43.0 Å². The van der Waals surface area contributed by atoms with Crippen LogP contribution in [0.25, 0.3) is 44.6 Å². The standard InChI is InChI=1S/C19H23N7O3.C13H11N3.2C12H12N2.Ru/c1-5-20-17(27)14-8-12(10-25(14)3)22-18(28)15-9-13(11-26(15)4)23-19(29)16-21-6-7-24(16)2;1-14-11-8-9-4-2-6-15-12(9)13-10(11)5-3-7-16-13;2*1-9-3-5-13-11(7-9)12-8-10(2)4-6-14-12;/h6-11H,5H2,1-4H3,(H,20,27)(H,22,28)(H,23,29);2-8,14H,1H3;2*3-8H,1-2H3;. The number of carbonyl (C=O) groups is 3. The summed E-state index contributed by atoms with van der Waals surface area (Å²) in [7, 11) is 7.08. The first-order chi connectivity index (χ1) is 35.2. The van der Waals surface area contributed by atoms with E-state index in [0.717, 1.165) is 50.3 Å². The van der Waals surface area contributed by atoms with Gasteiger partial charge in [0.05, 0.1) is 45.2 Å². The second-order valence-electron chi connectivity index (χ2n) is 17.1. The van der Waals surface area contributed by atoms with Crippen LogP contribution in [0.5, 0.6) is 0 Å². The molecule has 0 aliphatic heterocycles. The number of imidazole rings is 1. The minimum Gasteiger partial charge on any atom is -0.388 e. The van der Waals surface area contributed by atoms with Crippen molar-refractivity contribution in [3.63, 3.8) is 0 Å². The molecule has 0 fully saturated rings. The number of rotatable bonds is 9. The van der Waals surface area contributed by atoms with Crippen LogP contribution in [-0.4, -0.2) is 79.9 Å². The summed E-state index contributed by atoms with van der Waals surface area (Å²) in [6.07, 6.45) is 17.4. The molecular formula is C56H58N14O3Ru. The van der Waals surface area contributed by atoms with E-state index < -0.39 is 0 Å². The molecule has 0 saturated heterocycles. The normalized spacial score (nSPS) is 10.3. The molecule has 10 rings (SSSR count). The molecule has 0 unspecified atom stereocenters. The third-order valence-corrected chi connectivity index (χ3v) is 11.3. The number of fused-ring (bicyclic) bond motifs is 3. The molecule has 0 aliphatic carbocycles. The van der Waals surface area contributed by atoms with Gasteiger partial charge < -0.3 is 35.0 Å². The quantitative estimate of drug-likeness (QED) is 0.0791. The molecule has 378 valence electrons. The summed E-state index contributed by atoms with van der Waals surface area (Å²) in [5.41, 5.74) is 13.3. The number of nitrogens with one attached hydrogen (secondary N) is 4. The maximum atomic E-state index is 12.7. The molecule has 18 heteroatoms. The third kappa shape index (κ3) is 14.0. The van der Waals surface area contributed by atoms with Gasteiger partial charge in [0.1, 0.15) is 11.4 Å². The number of carbonyl (C=O) groups excluding carboxylic acids is 3. The van der Waals surface area contributed by atoms with Gasteiger partial charge in [-0.25, -0.2) is 4.98 Å². The van der Waals surface area contributed by atoms with E-state index in [1.807, 2.05) is 99.4 Å². The second-order valence-corrected chi connectivity index (χ2v) is 17.1. The van der Waals surface area contributed by atoms with E-state index in [9.17, 15) is 14.4 Å². The molecule has 74 heavy (non-hydrogen) atoms. The largest absolute Gasteiger partial charge is 0.388 e. The number of aryl methyl sites for hydroxylation is 7. The summed E-state index contributed by atoms with van der Waals surface area (Å²) in [5, 5.41) is 13.6. The van der Waals surface area contributed by atoms with Crippen LogP contribution in [0.3, 0.4) is 0 Å². The van der Waals surface area contributed by atoms with Crippen LogP contribution in [0.1, 0.15) is 60.8 Å². The molecule has 10 aromatic rings. The van der Waals surface area contributed by atoms with Crippen molar-refractivity contribution < 1.29 is 33.9 Å². The van der Waals surface area contributed by atoms with Crippen molar-refractivity contribution in [1.82, 2.24) is 53.9 Å². The van der Waals surface area contributed by atoms with Gasteiger partial charge >= 0.3 is 0 Å². The SMILES string of the molecule is CCNC(=O)c1cc(NC(=O)c2cc(NC(=O)c3nccn3C)cn2C)cn1C.CNc1cc2cccnc2c2ncccc12.Cc1ccnc(-c2cc(C)ccn2)c1.Cc1ccnc(-c2cc(C)ccn2)c1.[Ru]. The molecular weight excluding hydrogens is 1020 g/mol. The number of nitrogens with zero attached hydrogens (tertiary/aromatic N) is 10. The van der Waals surface area contributed by atoms with Gasteiger partial charge in [-0.05, 0) is 142 Å². The van der Waals surface area contributed by atoms with Crippen molar-refractivity contribution in [3.05, 3.63) is 192 Å². The van der Waals surface area contributed by atoms with Crippen LogP contribution < -0.4 is 21.3 Å². The van der Waals surface area contributed by atoms with Crippen LogP contribution in [0, 0.1) is 27.7 Å². The van der Waals surface area contributed by atoms with Crippen LogP contribution in [0.15, 0.2) is 153 Å². The Morgan fingerprint density at radius 1 is 0.500 bits per heavy atom. The Bertz CT molecular complexity index is 3370. The fourth-order valence-corrected chi connectivity index (χ4v) is 7.62. The smallest absolute Gasteiger partial charge is 0.291 e. The van der Waals surface area contributed by atoms with Crippen LogP contribution in [-0.2, 0) is 40.6 Å². The Labute approximate surface area is 442 Å². The molecule has 9 aromatic heterocycles. The zero-order valence-electron chi connectivity index (χ0n) is 42.7. The van der Waals surface area contributed by atoms with Gasteiger partial charge in [0.15, 0.2) is 5.82 Å². The predicted octanol–water partition coefficient (Wildman–Crippen LogP) is 9.69. The van der Waals surface area contributed by atoms with E-state index >= 15 is 0 Å². The van der Waals surface area contributed by atoms with E-state index in [0.29, 0.717) is 29.3 Å². The van der Waals surface area contributed by atoms with Crippen LogP contribution >= 0.6 is 0 Å². The molecule has 4 N–H and O–H groups in total. The monoisotopic (exact) mass is 1080 g/mol. The van der Waals surface area contributed by atoms with E-state index in [1.54, 1.807) is 78.0 Å². The predicted molar refractivity (Wildman–Crippen MR) is 288 cm³/mol. The Kier molecular flexibility index (Phi) is 18.9. The van der Waals surface area contributed by atoms with Gasteiger partial charge in [-0.15, -0.1) is 0 Å². The van der Waals surface area contributed by atoms with Gasteiger partial charge in [0.25, 0.3) is 17.7 Å². The average molecular weight is 1080 g/mol. The number of aromatic nitrogens is 10. The van der Waals surface area contributed by atoms with Gasteiger partial charge in [0, 0.05) is 133 Å². The Morgan fingerprint density at radius 2 is 0.959 bits per heavy atom.